The van der Waals surface area contributed by atoms with Gasteiger partial charge < -0.3 is 5.32 Å². The Bertz CT molecular complexity index is 1030. The summed E-state index contributed by atoms with van der Waals surface area (Å²) >= 11 is 0. The standard InChI is InChI=1S/C19H19N3O3/c1-21-17-16(18(24)22(2)19(21)25)14(11-7-4-3-5-8-11)15-12(20-17)9-6-10-13(15)23/h3-5,7-8,14,20H,6,9-10H2,1-2H3. The van der Waals surface area contributed by atoms with Gasteiger partial charge in [0.15, 0.2) is 5.78 Å². The lowest BCUT2D eigenvalue weighted by Gasteiger charge is -2.34. The van der Waals surface area contributed by atoms with E-state index in [4.69, 9.17) is 0 Å². The number of Topliss-reactive ketones (excluding diaryl/α,β-unsaturated/α-hetero) is 1. The predicted molar refractivity (Wildman–Crippen MR) is 94.7 cm³/mol. The molecule has 1 N–H and O–H groups in total. The van der Waals surface area contributed by atoms with Crippen LogP contribution in [0.5, 0.6) is 0 Å². The van der Waals surface area contributed by atoms with Gasteiger partial charge in [0.2, 0.25) is 0 Å². The fourth-order valence-electron chi connectivity index (χ4n) is 3.88. The van der Waals surface area contributed by atoms with E-state index in [1.54, 1.807) is 7.05 Å². The molecule has 2 aliphatic rings. The number of ketones is 1. The minimum atomic E-state index is -0.439. The van der Waals surface area contributed by atoms with E-state index >= 15 is 0 Å². The zero-order valence-corrected chi connectivity index (χ0v) is 14.2. The number of fused-ring (bicyclic) bond motifs is 1. The lowest BCUT2D eigenvalue weighted by atomic mass is 9.76. The number of carbonyl (C=O) groups is 1. The second kappa shape index (κ2) is 5.58. The molecule has 0 saturated carbocycles. The highest BCUT2D eigenvalue weighted by molar-refractivity contribution is 6.00. The first-order chi connectivity index (χ1) is 12.0. The van der Waals surface area contributed by atoms with Crippen molar-refractivity contribution in [3.8, 4) is 0 Å². The molecule has 6 heteroatoms. The normalized spacial score (nSPS) is 19.3. The molecule has 1 unspecified atom stereocenters. The monoisotopic (exact) mass is 337 g/mol. The zero-order valence-electron chi connectivity index (χ0n) is 14.2. The molecule has 1 aromatic heterocycles. The maximum absolute atomic E-state index is 12.9. The van der Waals surface area contributed by atoms with Crippen LogP contribution >= 0.6 is 0 Å². The number of benzene rings is 1. The Hall–Kier alpha value is -2.89. The fraction of sp³-hybridized carbons (Fsp3) is 0.316. The van der Waals surface area contributed by atoms with E-state index in [0.717, 1.165) is 28.7 Å². The SMILES string of the molecule is Cn1c2c(c(=O)n(C)c1=O)C(c1ccccc1)C1=C(CCCC1=O)N2. The maximum atomic E-state index is 12.9. The van der Waals surface area contributed by atoms with Gasteiger partial charge in [-0.2, -0.15) is 0 Å². The molecule has 2 aromatic rings. The first-order valence-electron chi connectivity index (χ1n) is 8.39. The van der Waals surface area contributed by atoms with E-state index in [2.05, 4.69) is 5.32 Å². The highest BCUT2D eigenvalue weighted by atomic mass is 16.2. The maximum Gasteiger partial charge on any atom is 0.332 e. The van der Waals surface area contributed by atoms with Gasteiger partial charge in [-0.05, 0) is 18.4 Å². The lowest BCUT2D eigenvalue weighted by molar-refractivity contribution is -0.116. The van der Waals surface area contributed by atoms with E-state index in [0.29, 0.717) is 23.4 Å². The molecule has 1 aromatic carbocycles. The second-order valence-corrected chi connectivity index (χ2v) is 6.61. The van der Waals surface area contributed by atoms with Crippen LogP contribution in [-0.4, -0.2) is 14.9 Å². The predicted octanol–water partition coefficient (Wildman–Crippen LogP) is 1.65. The van der Waals surface area contributed by atoms with Gasteiger partial charge in [0, 0.05) is 37.7 Å². The van der Waals surface area contributed by atoms with Crippen LogP contribution in [0.4, 0.5) is 5.82 Å². The summed E-state index contributed by atoms with van der Waals surface area (Å²) in [5.41, 5.74) is 2.12. The van der Waals surface area contributed by atoms with Crippen LogP contribution in [-0.2, 0) is 18.9 Å². The van der Waals surface area contributed by atoms with Crippen molar-refractivity contribution >= 4 is 11.6 Å². The van der Waals surface area contributed by atoms with Crippen molar-refractivity contribution in [2.45, 2.75) is 25.2 Å². The number of rotatable bonds is 1. The molecule has 128 valence electrons. The zero-order chi connectivity index (χ0) is 17.7. The number of hydrogen-bond acceptors (Lipinski definition) is 4. The van der Waals surface area contributed by atoms with Gasteiger partial charge in [0.1, 0.15) is 5.82 Å². The van der Waals surface area contributed by atoms with Crippen LogP contribution in [0.3, 0.4) is 0 Å². The van der Waals surface area contributed by atoms with E-state index in [1.165, 1.54) is 11.6 Å². The number of nitrogens with one attached hydrogen (secondary N) is 1. The number of anilines is 1. The van der Waals surface area contributed by atoms with E-state index in [9.17, 15) is 14.4 Å². The molecule has 1 aliphatic heterocycles. The summed E-state index contributed by atoms with van der Waals surface area (Å²) in [6.07, 6.45) is 2.01. The van der Waals surface area contributed by atoms with Crippen LogP contribution in [0.2, 0.25) is 0 Å². The Morgan fingerprint density at radius 1 is 1.00 bits per heavy atom. The first-order valence-corrected chi connectivity index (χ1v) is 8.39. The Kier molecular flexibility index (Phi) is 3.49. The third-order valence-corrected chi connectivity index (χ3v) is 5.14. The molecule has 0 radical (unpaired) electrons. The van der Waals surface area contributed by atoms with Gasteiger partial charge in [-0.1, -0.05) is 30.3 Å². The fourth-order valence-corrected chi connectivity index (χ4v) is 3.88. The highest BCUT2D eigenvalue weighted by Gasteiger charge is 2.38. The molecule has 1 aliphatic carbocycles. The van der Waals surface area contributed by atoms with Crippen LogP contribution in [0.15, 0.2) is 51.2 Å². The Labute approximate surface area is 144 Å². The van der Waals surface area contributed by atoms with Gasteiger partial charge >= 0.3 is 5.69 Å². The lowest BCUT2D eigenvalue weighted by Crippen LogP contribution is -2.44. The molecular formula is C19H19N3O3. The molecule has 0 amide bonds. The van der Waals surface area contributed by atoms with Gasteiger partial charge in [-0.25, -0.2) is 4.79 Å². The van der Waals surface area contributed by atoms with Crippen LogP contribution < -0.4 is 16.6 Å². The largest absolute Gasteiger partial charge is 0.344 e. The molecule has 0 saturated heterocycles. The van der Waals surface area contributed by atoms with Crippen molar-refractivity contribution in [3.63, 3.8) is 0 Å². The van der Waals surface area contributed by atoms with Crippen molar-refractivity contribution in [3.05, 3.63) is 73.6 Å². The van der Waals surface area contributed by atoms with E-state index in [-0.39, 0.29) is 17.0 Å². The number of hydrogen-bond donors (Lipinski definition) is 1. The number of carbonyl (C=O) groups excluding carboxylic acids is 1. The van der Waals surface area contributed by atoms with Crippen molar-refractivity contribution in [2.24, 2.45) is 14.1 Å². The summed E-state index contributed by atoms with van der Waals surface area (Å²) in [5, 5.41) is 3.21. The van der Waals surface area contributed by atoms with Gasteiger partial charge in [0.05, 0.1) is 5.56 Å². The van der Waals surface area contributed by atoms with Crippen molar-refractivity contribution in [1.29, 1.82) is 0 Å². The second-order valence-electron chi connectivity index (χ2n) is 6.61. The highest BCUT2D eigenvalue weighted by Crippen LogP contribution is 2.43. The van der Waals surface area contributed by atoms with Crippen LogP contribution in [0.25, 0.3) is 0 Å². The first kappa shape index (κ1) is 15.6. The summed E-state index contributed by atoms with van der Waals surface area (Å²) in [4.78, 5) is 38.0. The summed E-state index contributed by atoms with van der Waals surface area (Å²) < 4.78 is 2.56. The molecule has 4 rings (SSSR count). The number of allylic oxidation sites excluding steroid dienone is 2. The molecular weight excluding hydrogens is 318 g/mol. The van der Waals surface area contributed by atoms with Crippen molar-refractivity contribution in [2.75, 3.05) is 5.32 Å². The van der Waals surface area contributed by atoms with Crippen LogP contribution in [0.1, 0.15) is 36.3 Å². The molecule has 0 fully saturated rings. The minimum Gasteiger partial charge on any atom is -0.344 e. The summed E-state index contributed by atoms with van der Waals surface area (Å²) in [6, 6.07) is 9.56. The summed E-state index contributed by atoms with van der Waals surface area (Å²) in [6.45, 7) is 0. The molecule has 6 nitrogen and oxygen atoms in total. The van der Waals surface area contributed by atoms with Gasteiger partial charge in [0.25, 0.3) is 5.56 Å². The minimum absolute atomic E-state index is 0.0733. The van der Waals surface area contributed by atoms with Crippen molar-refractivity contribution in [1.82, 2.24) is 9.13 Å². The number of nitrogens with zero attached hydrogens (tertiary/aromatic N) is 2. The Balaban J connectivity index is 2.10. The Morgan fingerprint density at radius 3 is 2.44 bits per heavy atom. The summed E-state index contributed by atoms with van der Waals surface area (Å²) in [5.74, 6) is 0.130. The molecule has 25 heavy (non-hydrogen) atoms. The smallest absolute Gasteiger partial charge is 0.332 e. The van der Waals surface area contributed by atoms with E-state index in [1.807, 2.05) is 30.3 Å². The third kappa shape index (κ3) is 2.21. The Morgan fingerprint density at radius 2 is 1.72 bits per heavy atom. The average molecular weight is 337 g/mol. The molecule has 0 bridgehead atoms. The van der Waals surface area contributed by atoms with Crippen LogP contribution in [0, 0.1) is 0 Å². The van der Waals surface area contributed by atoms with Gasteiger partial charge in [-0.3, -0.25) is 18.7 Å². The number of aromatic nitrogens is 2. The molecule has 2 heterocycles. The quantitative estimate of drug-likeness (QED) is 0.859. The topological polar surface area (TPSA) is 73.1 Å². The molecule has 1 atom stereocenters. The van der Waals surface area contributed by atoms with Gasteiger partial charge in [-0.15, -0.1) is 0 Å². The summed E-state index contributed by atoms with van der Waals surface area (Å²) in [7, 11) is 3.12. The molecule has 0 spiro atoms. The van der Waals surface area contributed by atoms with E-state index < -0.39 is 5.92 Å². The average Bonchev–Trinajstić information content (AvgIpc) is 2.64. The van der Waals surface area contributed by atoms with Crippen molar-refractivity contribution < 1.29 is 4.79 Å². The third-order valence-electron chi connectivity index (χ3n) is 5.14.